The number of imide groups is 1. The van der Waals surface area contributed by atoms with Gasteiger partial charge in [0.25, 0.3) is 5.91 Å². The first-order valence-electron chi connectivity index (χ1n) is 8.96. The fourth-order valence-electron chi connectivity index (χ4n) is 3.20. The van der Waals surface area contributed by atoms with Crippen LogP contribution in [0.25, 0.3) is 0 Å². The monoisotopic (exact) mass is 380 g/mol. The van der Waals surface area contributed by atoms with Crippen molar-refractivity contribution >= 4 is 23.7 Å². The van der Waals surface area contributed by atoms with Gasteiger partial charge in [-0.25, -0.2) is 20.0 Å². The second kappa shape index (κ2) is 6.99. The number of hydrogen-bond donors (Lipinski definition) is 1. The van der Waals surface area contributed by atoms with E-state index < -0.39 is 23.5 Å². The molecule has 28 heavy (non-hydrogen) atoms. The second-order valence-corrected chi connectivity index (χ2v) is 7.23. The molecule has 1 N–H and O–H groups in total. The van der Waals surface area contributed by atoms with Crippen LogP contribution in [-0.2, 0) is 10.3 Å². The van der Waals surface area contributed by atoms with Crippen molar-refractivity contribution in [2.75, 3.05) is 19.0 Å². The van der Waals surface area contributed by atoms with Gasteiger partial charge >= 0.3 is 12.1 Å². The summed E-state index contributed by atoms with van der Waals surface area (Å²) >= 11 is 0. The minimum Gasteiger partial charge on any atom is -0.296 e. The smallest absolute Gasteiger partial charge is 0.296 e. The van der Waals surface area contributed by atoms with Crippen LogP contribution in [0.15, 0.2) is 48.5 Å². The molecular weight excluding hydrogens is 356 g/mol. The summed E-state index contributed by atoms with van der Waals surface area (Å²) in [5.41, 5.74) is 4.69. The highest BCUT2D eigenvalue weighted by molar-refractivity contribution is 6.08. The van der Waals surface area contributed by atoms with Crippen LogP contribution in [0.3, 0.4) is 0 Å². The zero-order chi connectivity index (χ0) is 20.6. The van der Waals surface area contributed by atoms with Crippen LogP contribution in [0.5, 0.6) is 0 Å². The molecule has 0 radical (unpaired) electrons. The molecule has 1 aliphatic heterocycles. The molecule has 0 aliphatic carbocycles. The summed E-state index contributed by atoms with van der Waals surface area (Å²) in [4.78, 5) is 40.8. The summed E-state index contributed by atoms with van der Waals surface area (Å²) in [6, 6.07) is 13.7. The van der Waals surface area contributed by atoms with E-state index in [1.54, 1.807) is 26.1 Å². The topological polar surface area (TPSA) is 73.0 Å². The third-order valence-electron chi connectivity index (χ3n) is 5.19. The number of aryl methyl sites for hydroxylation is 2. The maximum absolute atomic E-state index is 12.9. The van der Waals surface area contributed by atoms with Crippen LogP contribution >= 0.6 is 0 Å². The number of nitrogens with one attached hydrogen (secondary N) is 1. The quantitative estimate of drug-likeness (QED) is 0.832. The van der Waals surface area contributed by atoms with Crippen molar-refractivity contribution in [1.82, 2.24) is 15.3 Å². The highest BCUT2D eigenvalue weighted by Gasteiger charge is 2.55. The maximum atomic E-state index is 12.9. The van der Waals surface area contributed by atoms with Crippen LogP contribution in [0.1, 0.15) is 23.6 Å². The average molecular weight is 380 g/mol. The molecule has 0 aromatic heterocycles. The van der Waals surface area contributed by atoms with E-state index in [1.807, 2.05) is 50.2 Å². The lowest BCUT2D eigenvalue weighted by molar-refractivity contribution is -0.132. The van der Waals surface area contributed by atoms with Crippen molar-refractivity contribution in [2.24, 2.45) is 0 Å². The van der Waals surface area contributed by atoms with Gasteiger partial charge < -0.3 is 0 Å². The zero-order valence-electron chi connectivity index (χ0n) is 16.7. The van der Waals surface area contributed by atoms with E-state index in [1.165, 1.54) is 11.9 Å². The predicted octanol–water partition coefficient (Wildman–Crippen LogP) is 3.17. The largest absolute Gasteiger partial charge is 0.346 e. The van der Waals surface area contributed by atoms with Crippen LogP contribution in [0, 0.1) is 13.8 Å². The van der Waals surface area contributed by atoms with Crippen molar-refractivity contribution in [3.05, 3.63) is 65.2 Å². The molecule has 3 rings (SSSR count). The first kappa shape index (κ1) is 19.4. The third-order valence-corrected chi connectivity index (χ3v) is 5.19. The van der Waals surface area contributed by atoms with E-state index in [2.05, 4.69) is 5.43 Å². The van der Waals surface area contributed by atoms with Gasteiger partial charge in [-0.05, 0) is 38.5 Å². The summed E-state index contributed by atoms with van der Waals surface area (Å²) in [6.45, 7) is 5.53. The molecule has 2 aromatic rings. The SMILES string of the molecule is Cc1ccc(N(C)C(=O)NN2C(=O)N(C)C(=O)[C@@]2(C)c2ccc(C)cc2)cc1. The molecule has 2 aromatic carbocycles. The van der Waals surface area contributed by atoms with E-state index in [0.717, 1.165) is 21.0 Å². The number of anilines is 1. The van der Waals surface area contributed by atoms with Gasteiger partial charge in [0, 0.05) is 19.8 Å². The number of hydrazine groups is 1. The molecule has 1 saturated heterocycles. The lowest BCUT2D eigenvalue weighted by atomic mass is 9.91. The number of hydrogen-bond acceptors (Lipinski definition) is 3. The maximum Gasteiger partial charge on any atom is 0.346 e. The molecule has 5 amide bonds. The van der Waals surface area contributed by atoms with Crippen molar-refractivity contribution < 1.29 is 14.4 Å². The van der Waals surface area contributed by atoms with Crippen molar-refractivity contribution in [3.8, 4) is 0 Å². The fourth-order valence-corrected chi connectivity index (χ4v) is 3.20. The fraction of sp³-hybridized carbons (Fsp3) is 0.286. The van der Waals surface area contributed by atoms with Gasteiger partial charge in [0.2, 0.25) is 0 Å². The Balaban J connectivity index is 1.92. The number of carbonyl (C=O) groups excluding carboxylic acids is 3. The summed E-state index contributed by atoms with van der Waals surface area (Å²) in [6.07, 6.45) is 0. The molecule has 0 spiro atoms. The highest BCUT2D eigenvalue weighted by atomic mass is 16.2. The van der Waals surface area contributed by atoms with Gasteiger partial charge in [0.05, 0.1) is 0 Å². The first-order chi connectivity index (χ1) is 13.2. The van der Waals surface area contributed by atoms with Crippen molar-refractivity contribution in [3.63, 3.8) is 0 Å². The number of rotatable bonds is 3. The lowest BCUT2D eigenvalue weighted by Crippen LogP contribution is -2.56. The van der Waals surface area contributed by atoms with Gasteiger partial charge in [0.15, 0.2) is 5.54 Å². The molecule has 1 fully saturated rings. The van der Waals surface area contributed by atoms with Crippen molar-refractivity contribution in [2.45, 2.75) is 26.3 Å². The molecule has 1 aliphatic rings. The Hall–Kier alpha value is -3.35. The van der Waals surface area contributed by atoms with Gasteiger partial charge in [-0.15, -0.1) is 0 Å². The summed E-state index contributed by atoms with van der Waals surface area (Å²) in [7, 11) is 3.02. The molecule has 0 unspecified atom stereocenters. The normalized spacial score (nSPS) is 19.2. The Morgan fingerprint density at radius 1 is 0.964 bits per heavy atom. The Morgan fingerprint density at radius 2 is 1.46 bits per heavy atom. The number of amides is 5. The number of likely N-dealkylation sites (N-methyl/N-ethyl adjacent to an activating group) is 1. The number of nitrogens with zero attached hydrogens (tertiary/aromatic N) is 3. The van der Waals surface area contributed by atoms with Crippen molar-refractivity contribution in [1.29, 1.82) is 0 Å². The molecule has 7 heteroatoms. The number of benzene rings is 2. The first-order valence-corrected chi connectivity index (χ1v) is 8.96. The second-order valence-electron chi connectivity index (χ2n) is 7.23. The Bertz CT molecular complexity index is 924. The van der Waals surface area contributed by atoms with E-state index in [0.29, 0.717) is 11.3 Å². The van der Waals surface area contributed by atoms with Crippen LogP contribution < -0.4 is 10.3 Å². The molecular formula is C21H24N4O3. The zero-order valence-corrected chi connectivity index (χ0v) is 16.7. The van der Waals surface area contributed by atoms with E-state index in [4.69, 9.17) is 0 Å². The molecule has 7 nitrogen and oxygen atoms in total. The number of carbonyl (C=O) groups is 3. The van der Waals surface area contributed by atoms with Crippen LogP contribution in [0.2, 0.25) is 0 Å². The molecule has 0 saturated carbocycles. The summed E-state index contributed by atoms with van der Waals surface area (Å²) < 4.78 is 0. The summed E-state index contributed by atoms with van der Waals surface area (Å²) in [5, 5.41) is 1.10. The molecule has 1 atom stereocenters. The molecule has 1 heterocycles. The van der Waals surface area contributed by atoms with Gasteiger partial charge in [0.1, 0.15) is 0 Å². The van der Waals surface area contributed by atoms with E-state index >= 15 is 0 Å². The number of urea groups is 2. The highest BCUT2D eigenvalue weighted by Crippen LogP contribution is 2.35. The lowest BCUT2D eigenvalue weighted by Gasteiger charge is -2.33. The predicted molar refractivity (Wildman–Crippen MR) is 107 cm³/mol. The van der Waals surface area contributed by atoms with Gasteiger partial charge in [-0.3, -0.25) is 14.6 Å². The Kier molecular flexibility index (Phi) is 4.85. The van der Waals surface area contributed by atoms with Gasteiger partial charge in [-0.2, -0.15) is 0 Å². The van der Waals surface area contributed by atoms with Gasteiger partial charge in [-0.1, -0.05) is 47.5 Å². The standard InChI is InChI=1S/C21H24N4O3/c1-14-6-10-16(11-7-14)21(3)18(26)24(5)20(28)25(21)22-19(27)23(4)17-12-8-15(2)9-13-17/h6-13H,1-5H3,(H,22,27)/t21-/m1/s1. The molecule has 146 valence electrons. The van der Waals surface area contributed by atoms with E-state index in [9.17, 15) is 14.4 Å². The average Bonchev–Trinajstić information content (AvgIpc) is 2.84. The van der Waals surface area contributed by atoms with Crippen LogP contribution in [0.4, 0.5) is 15.3 Å². The third kappa shape index (κ3) is 3.09. The molecule has 0 bridgehead atoms. The summed E-state index contributed by atoms with van der Waals surface area (Å²) in [5.74, 6) is -0.403. The Morgan fingerprint density at radius 3 is 2.00 bits per heavy atom. The minimum absolute atomic E-state index is 0.403. The van der Waals surface area contributed by atoms with Crippen LogP contribution in [-0.4, -0.2) is 42.0 Å². The Labute approximate surface area is 164 Å². The minimum atomic E-state index is -1.33. The van der Waals surface area contributed by atoms with E-state index in [-0.39, 0.29) is 0 Å².